The Morgan fingerprint density at radius 1 is 0.851 bits per heavy atom. The lowest BCUT2D eigenvalue weighted by molar-refractivity contribution is -0.759. The van der Waals surface area contributed by atoms with Crippen molar-refractivity contribution in [1.82, 2.24) is 9.78 Å². The maximum absolute atomic E-state index is 5.58. The van der Waals surface area contributed by atoms with Crippen LogP contribution in [0.3, 0.4) is 0 Å². The molecule has 0 bridgehead atoms. The molecular weight excluding hydrogens is 593 g/mol. The standard InChI is InChI=1S/C42H42N4S/c1-7-42(8-2)25-34(46-32(24-37(43-46)41(4,5)6)31-18-13-14-22-44(31)42)40-29-20-21-36-39(28-16-10-12-19-35(28)47-36)38(29)33-23-26(3)27-15-9-11-17-30(27)45(33)40/h9-24,34,40H,7-8,25H2,1-6H3/q+2. The molecule has 9 rings (SSSR count). The van der Waals surface area contributed by atoms with Crippen LogP contribution < -0.4 is 9.13 Å². The SMILES string of the molecule is CCC1(CC)CC(C2c3ccc4sc5ccccc5c4c3-c3cc(C)c4ccccc4[n+]32)n2nc(C(C)(C)C)cc2-c2cccc[n+]21. The summed E-state index contributed by atoms with van der Waals surface area (Å²) in [6.07, 6.45) is 5.42. The molecule has 4 aromatic heterocycles. The summed E-state index contributed by atoms with van der Waals surface area (Å²) in [6.45, 7) is 13.9. The summed E-state index contributed by atoms with van der Waals surface area (Å²) in [7, 11) is 0. The van der Waals surface area contributed by atoms with Gasteiger partial charge in [-0.2, -0.15) is 14.2 Å². The van der Waals surface area contributed by atoms with Gasteiger partial charge in [0.15, 0.2) is 11.7 Å². The van der Waals surface area contributed by atoms with Gasteiger partial charge in [-0.3, -0.25) is 0 Å². The quantitative estimate of drug-likeness (QED) is 0.178. The maximum Gasteiger partial charge on any atom is 0.231 e. The Morgan fingerprint density at radius 3 is 2.38 bits per heavy atom. The number of fused-ring (bicyclic) bond motifs is 12. The smallest absolute Gasteiger partial charge is 0.231 e. The first-order chi connectivity index (χ1) is 22.7. The molecule has 6 heterocycles. The molecule has 2 aliphatic heterocycles. The van der Waals surface area contributed by atoms with Crippen LogP contribution in [0.2, 0.25) is 0 Å². The van der Waals surface area contributed by atoms with Gasteiger partial charge in [-0.25, -0.2) is 4.68 Å². The first kappa shape index (κ1) is 28.8. The van der Waals surface area contributed by atoms with Gasteiger partial charge in [0, 0.05) is 80.1 Å². The fourth-order valence-corrected chi connectivity index (χ4v) is 9.95. The molecular formula is C42H42N4S+2. The Labute approximate surface area is 280 Å². The maximum atomic E-state index is 5.58. The number of thiophene rings is 1. The number of aromatic nitrogens is 4. The second kappa shape index (κ2) is 10.1. The molecule has 0 saturated heterocycles. The molecule has 0 spiro atoms. The molecule has 0 amide bonds. The van der Waals surface area contributed by atoms with Crippen LogP contribution in [-0.4, -0.2) is 9.78 Å². The van der Waals surface area contributed by atoms with Crippen molar-refractivity contribution in [2.45, 2.75) is 83.8 Å². The second-order valence-corrected chi connectivity index (χ2v) is 15.9. The van der Waals surface area contributed by atoms with Crippen LogP contribution >= 0.6 is 11.3 Å². The minimum Gasteiger partial charge on any atom is -0.248 e. The van der Waals surface area contributed by atoms with Crippen LogP contribution in [0.4, 0.5) is 0 Å². The molecule has 3 aromatic carbocycles. The lowest BCUT2D eigenvalue weighted by Gasteiger charge is -2.30. The molecule has 2 unspecified atom stereocenters. The number of rotatable bonds is 3. The highest BCUT2D eigenvalue weighted by Gasteiger charge is 2.53. The van der Waals surface area contributed by atoms with E-state index in [2.05, 4.69) is 153 Å². The lowest BCUT2D eigenvalue weighted by atomic mass is 9.81. The first-order valence-corrected chi connectivity index (χ1v) is 18.1. The van der Waals surface area contributed by atoms with E-state index in [1.54, 1.807) is 0 Å². The third-order valence-electron chi connectivity index (χ3n) is 11.4. The fraction of sp³-hybridized carbons (Fsp3) is 0.310. The van der Waals surface area contributed by atoms with Crippen LogP contribution in [0.15, 0.2) is 97.2 Å². The van der Waals surface area contributed by atoms with Gasteiger partial charge in [0.05, 0.1) is 11.3 Å². The molecule has 2 aliphatic rings. The Hall–Kier alpha value is -4.35. The summed E-state index contributed by atoms with van der Waals surface area (Å²) in [5, 5.41) is 9.65. The molecule has 2 atom stereocenters. The zero-order valence-corrected chi connectivity index (χ0v) is 29.0. The van der Waals surface area contributed by atoms with E-state index in [9.17, 15) is 0 Å². The number of para-hydroxylation sites is 1. The number of benzene rings is 3. The Morgan fingerprint density at radius 2 is 1.60 bits per heavy atom. The van der Waals surface area contributed by atoms with Crippen LogP contribution in [0.5, 0.6) is 0 Å². The molecule has 0 fully saturated rings. The highest BCUT2D eigenvalue weighted by Crippen LogP contribution is 2.52. The number of hydrogen-bond acceptors (Lipinski definition) is 2. The number of aryl methyl sites for hydroxylation is 1. The van der Waals surface area contributed by atoms with E-state index >= 15 is 0 Å². The van der Waals surface area contributed by atoms with Crippen LogP contribution in [0, 0.1) is 6.92 Å². The predicted octanol–water partition coefficient (Wildman–Crippen LogP) is 9.98. The number of hydrogen-bond donors (Lipinski definition) is 0. The van der Waals surface area contributed by atoms with E-state index in [0.29, 0.717) is 0 Å². The summed E-state index contributed by atoms with van der Waals surface area (Å²) < 4.78 is 10.4. The molecule has 0 aliphatic carbocycles. The lowest BCUT2D eigenvalue weighted by Crippen LogP contribution is -2.57. The van der Waals surface area contributed by atoms with Gasteiger partial charge >= 0.3 is 0 Å². The summed E-state index contributed by atoms with van der Waals surface area (Å²) in [5.41, 5.74) is 10.3. The highest BCUT2D eigenvalue weighted by molar-refractivity contribution is 7.25. The van der Waals surface area contributed by atoms with Crippen LogP contribution in [-0.2, 0) is 11.0 Å². The van der Waals surface area contributed by atoms with Crippen molar-refractivity contribution in [1.29, 1.82) is 0 Å². The summed E-state index contributed by atoms with van der Waals surface area (Å²) in [5.74, 6) is 0. The van der Waals surface area contributed by atoms with E-state index in [4.69, 9.17) is 5.10 Å². The monoisotopic (exact) mass is 634 g/mol. The summed E-state index contributed by atoms with van der Waals surface area (Å²) in [4.78, 5) is 0. The number of nitrogens with zero attached hydrogens (tertiary/aromatic N) is 4. The normalized spacial score (nSPS) is 18.3. The van der Waals surface area contributed by atoms with Crippen molar-refractivity contribution in [3.05, 3.63) is 114 Å². The van der Waals surface area contributed by atoms with Crippen LogP contribution in [0.1, 0.15) is 82.8 Å². The Bertz CT molecular complexity index is 2380. The highest BCUT2D eigenvalue weighted by atomic mass is 32.1. The van der Waals surface area contributed by atoms with Crippen molar-refractivity contribution in [3.8, 4) is 22.6 Å². The Kier molecular flexibility index (Phi) is 6.18. The van der Waals surface area contributed by atoms with Gasteiger partial charge < -0.3 is 0 Å². The third-order valence-corrected chi connectivity index (χ3v) is 12.5. The number of pyridine rings is 2. The molecule has 4 nitrogen and oxygen atoms in total. The molecule has 234 valence electrons. The van der Waals surface area contributed by atoms with Crippen molar-refractivity contribution >= 4 is 42.4 Å². The molecule has 0 N–H and O–H groups in total. The van der Waals surface area contributed by atoms with Gasteiger partial charge in [-0.15, -0.1) is 11.3 Å². The van der Waals surface area contributed by atoms with Gasteiger partial charge in [-0.05, 0) is 42.8 Å². The van der Waals surface area contributed by atoms with Gasteiger partial charge in [0.2, 0.25) is 22.9 Å². The summed E-state index contributed by atoms with van der Waals surface area (Å²) >= 11 is 1.91. The Balaban J connectivity index is 1.42. The molecule has 7 aromatic rings. The van der Waals surface area contributed by atoms with Crippen molar-refractivity contribution in [3.63, 3.8) is 0 Å². The van der Waals surface area contributed by atoms with E-state index in [1.807, 2.05) is 11.3 Å². The van der Waals surface area contributed by atoms with Gasteiger partial charge in [0.1, 0.15) is 11.7 Å². The fourth-order valence-electron chi connectivity index (χ4n) is 8.83. The third kappa shape index (κ3) is 3.96. The minimum atomic E-state index is -0.0693. The van der Waals surface area contributed by atoms with E-state index in [1.165, 1.54) is 64.8 Å². The van der Waals surface area contributed by atoms with Crippen molar-refractivity contribution in [2.24, 2.45) is 0 Å². The second-order valence-electron chi connectivity index (χ2n) is 14.8. The average molecular weight is 635 g/mol. The zero-order chi connectivity index (χ0) is 32.2. The van der Waals surface area contributed by atoms with Crippen molar-refractivity contribution < 1.29 is 9.13 Å². The average Bonchev–Trinajstić information content (AvgIpc) is 3.77. The first-order valence-electron chi connectivity index (χ1n) is 17.2. The largest absolute Gasteiger partial charge is 0.248 e. The zero-order valence-electron chi connectivity index (χ0n) is 28.2. The topological polar surface area (TPSA) is 25.6 Å². The molecule has 0 radical (unpaired) electrons. The van der Waals surface area contributed by atoms with Crippen LogP contribution in [0.25, 0.3) is 53.7 Å². The summed E-state index contributed by atoms with van der Waals surface area (Å²) in [6, 6.07) is 34.6. The molecule has 5 heteroatoms. The van der Waals surface area contributed by atoms with Crippen molar-refractivity contribution in [2.75, 3.05) is 0 Å². The minimum absolute atomic E-state index is 0.0486. The van der Waals surface area contributed by atoms with E-state index in [0.717, 1.165) is 25.0 Å². The van der Waals surface area contributed by atoms with E-state index < -0.39 is 0 Å². The van der Waals surface area contributed by atoms with Gasteiger partial charge in [-0.1, -0.05) is 71.0 Å². The van der Waals surface area contributed by atoms with E-state index in [-0.39, 0.29) is 23.0 Å². The molecule has 0 saturated carbocycles. The van der Waals surface area contributed by atoms with Gasteiger partial charge in [0.25, 0.3) is 0 Å². The predicted molar refractivity (Wildman–Crippen MR) is 194 cm³/mol. The molecule has 47 heavy (non-hydrogen) atoms.